The highest BCUT2D eigenvalue weighted by Gasteiger charge is 2.58. The second-order valence-electron chi connectivity index (χ2n) is 4.90. The Morgan fingerprint density at radius 1 is 1.38 bits per heavy atom. The summed E-state index contributed by atoms with van der Waals surface area (Å²) in [6.07, 6.45) is 5.37. The fourth-order valence-corrected chi connectivity index (χ4v) is 5.88. The molecule has 1 amide bonds. The van der Waals surface area contributed by atoms with Crippen LogP contribution in [0.25, 0.3) is 0 Å². The molecule has 1 heterocycles. The van der Waals surface area contributed by atoms with Crippen LogP contribution < -0.4 is 0 Å². The minimum absolute atomic E-state index is 0.148. The Kier molecular flexibility index (Phi) is 2.00. The predicted octanol–water partition coefficient (Wildman–Crippen LogP) is 0.759. The highest BCUT2D eigenvalue weighted by atomic mass is 32.2. The van der Waals surface area contributed by atoms with Crippen LogP contribution >= 0.6 is 0 Å². The van der Waals surface area contributed by atoms with Crippen LogP contribution in [0, 0.1) is 17.8 Å². The van der Waals surface area contributed by atoms with Gasteiger partial charge in [-0.1, -0.05) is 19.1 Å². The third kappa shape index (κ3) is 1.09. The number of fused-ring (bicyclic) bond motifs is 5. The average molecular weight is 241 g/mol. The summed E-state index contributed by atoms with van der Waals surface area (Å²) in [6, 6.07) is 0. The molecule has 1 saturated heterocycles. The molecule has 3 rings (SSSR count). The second kappa shape index (κ2) is 3.09. The Bertz CT molecular complexity index is 468. The molecule has 2 bridgehead atoms. The smallest absolute Gasteiger partial charge is 0.241 e. The standard InChI is InChI=1S/C11H15NO3S/c1-2-10(13)12-6-9-7-3-4-8(5-7)11(9)16(12,14)15/h3-4,7-9,11H,2,5-6H2,1H3/t7-,8+,9+,11-/m1/s1. The van der Waals surface area contributed by atoms with Gasteiger partial charge in [-0.05, 0) is 18.3 Å². The van der Waals surface area contributed by atoms with Gasteiger partial charge in [-0.3, -0.25) is 4.79 Å². The molecule has 0 aromatic rings. The lowest BCUT2D eigenvalue weighted by Gasteiger charge is -2.18. The van der Waals surface area contributed by atoms with E-state index < -0.39 is 10.0 Å². The molecule has 2 aliphatic carbocycles. The topological polar surface area (TPSA) is 54.5 Å². The Hall–Kier alpha value is -0.840. The molecule has 0 unspecified atom stereocenters. The monoisotopic (exact) mass is 241 g/mol. The predicted molar refractivity (Wildman–Crippen MR) is 58.9 cm³/mol. The van der Waals surface area contributed by atoms with Crippen molar-refractivity contribution in [3.05, 3.63) is 12.2 Å². The van der Waals surface area contributed by atoms with Crippen LogP contribution in [-0.2, 0) is 14.8 Å². The first kappa shape index (κ1) is 10.3. The van der Waals surface area contributed by atoms with E-state index >= 15 is 0 Å². The Morgan fingerprint density at radius 3 is 2.69 bits per heavy atom. The molecule has 5 heteroatoms. The molecular formula is C11H15NO3S. The van der Waals surface area contributed by atoms with Crippen LogP contribution in [-0.4, -0.2) is 30.4 Å². The number of rotatable bonds is 1. The molecule has 3 aliphatic rings. The number of carbonyl (C=O) groups excluding carboxylic acids is 1. The highest BCUT2D eigenvalue weighted by Crippen LogP contribution is 2.51. The molecule has 0 radical (unpaired) electrons. The van der Waals surface area contributed by atoms with Crippen LogP contribution in [0.2, 0.25) is 0 Å². The van der Waals surface area contributed by atoms with Crippen molar-refractivity contribution in [2.75, 3.05) is 6.54 Å². The van der Waals surface area contributed by atoms with E-state index in [1.165, 1.54) is 0 Å². The van der Waals surface area contributed by atoms with Crippen molar-refractivity contribution in [3.63, 3.8) is 0 Å². The summed E-state index contributed by atoms with van der Waals surface area (Å²) < 4.78 is 25.6. The van der Waals surface area contributed by atoms with E-state index in [2.05, 4.69) is 6.08 Å². The molecule has 88 valence electrons. The number of sulfonamides is 1. The molecule has 0 aromatic heterocycles. The van der Waals surface area contributed by atoms with Crippen molar-refractivity contribution in [1.29, 1.82) is 0 Å². The maximum atomic E-state index is 12.2. The fraction of sp³-hybridized carbons (Fsp3) is 0.727. The number of amides is 1. The first-order chi connectivity index (χ1) is 7.55. The maximum Gasteiger partial charge on any atom is 0.241 e. The number of hydrogen-bond donors (Lipinski definition) is 0. The van der Waals surface area contributed by atoms with E-state index in [-0.39, 0.29) is 29.4 Å². The molecule has 0 aromatic carbocycles. The molecule has 4 nitrogen and oxygen atoms in total. The summed E-state index contributed by atoms with van der Waals surface area (Å²) in [4.78, 5) is 11.6. The highest BCUT2D eigenvalue weighted by molar-refractivity contribution is 7.90. The summed E-state index contributed by atoms with van der Waals surface area (Å²) >= 11 is 0. The molecular weight excluding hydrogens is 226 g/mol. The van der Waals surface area contributed by atoms with Gasteiger partial charge >= 0.3 is 0 Å². The summed E-state index contributed by atoms with van der Waals surface area (Å²) in [5.41, 5.74) is 0. The van der Waals surface area contributed by atoms with Gasteiger partial charge in [0.1, 0.15) is 0 Å². The van der Waals surface area contributed by atoms with E-state index in [4.69, 9.17) is 0 Å². The normalized spacial score (nSPS) is 42.7. The molecule has 2 fully saturated rings. The molecule has 1 aliphatic heterocycles. The summed E-state index contributed by atoms with van der Waals surface area (Å²) in [6.45, 7) is 2.12. The van der Waals surface area contributed by atoms with Crippen LogP contribution in [0.3, 0.4) is 0 Å². The first-order valence-electron chi connectivity index (χ1n) is 5.78. The van der Waals surface area contributed by atoms with Gasteiger partial charge in [-0.15, -0.1) is 0 Å². The van der Waals surface area contributed by atoms with Crippen molar-refractivity contribution in [2.45, 2.75) is 25.0 Å². The number of hydrogen-bond acceptors (Lipinski definition) is 3. The Morgan fingerprint density at radius 2 is 2.06 bits per heavy atom. The zero-order chi connectivity index (χ0) is 11.5. The van der Waals surface area contributed by atoms with Crippen molar-refractivity contribution in [2.24, 2.45) is 17.8 Å². The summed E-state index contributed by atoms with van der Waals surface area (Å²) in [5, 5.41) is -0.321. The SMILES string of the molecule is CCC(=O)N1C[C@@H]2[C@@H]([C@H]3C=C[C@@H]2C3)S1(=O)=O. The van der Waals surface area contributed by atoms with Gasteiger partial charge < -0.3 is 0 Å². The molecule has 4 atom stereocenters. The lowest BCUT2D eigenvalue weighted by atomic mass is 9.93. The lowest BCUT2D eigenvalue weighted by Crippen LogP contribution is -2.36. The third-order valence-electron chi connectivity index (χ3n) is 4.15. The minimum atomic E-state index is -3.37. The third-order valence-corrected chi connectivity index (χ3v) is 6.51. The van der Waals surface area contributed by atoms with E-state index in [1.807, 2.05) is 6.08 Å². The zero-order valence-corrected chi connectivity index (χ0v) is 9.98. The Labute approximate surface area is 95.4 Å². The number of nitrogens with zero attached hydrogens (tertiary/aromatic N) is 1. The van der Waals surface area contributed by atoms with Crippen LogP contribution in [0.5, 0.6) is 0 Å². The van der Waals surface area contributed by atoms with Crippen LogP contribution in [0.4, 0.5) is 0 Å². The Balaban J connectivity index is 1.99. The van der Waals surface area contributed by atoms with Gasteiger partial charge in [0, 0.05) is 18.9 Å². The second-order valence-corrected chi connectivity index (χ2v) is 6.92. The quantitative estimate of drug-likeness (QED) is 0.637. The van der Waals surface area contributed by atoms with Gasteiger partial charge in [0.25, 0.3) is 0 Å². The van der Waals surface area contributed by atoms with E-state index in [0.717, 1.165) is 10.7 Å². The van der Waals surface area contributed by atoms with Crippen LogP contribution in [0.15, 0.2) is 12.2 Å². The summed E-state index contributed by atoms with van der Waals surface area (Å²) in [7, 11) is -3.37. The van der Waals surface area contributed by atoms with Gasteiger partial charge in [0.05, 0.1) is 5.25 Å². The van der Waals surface area contributed by atoms with Crippen molar-refractivity contribution in [3.8, 4) is 0 Å². The maximum absolute atomic E-state index is 12.2. The largest absolute Gasteiger partial charge is 0.274 e. The van der Waals surface area contributed by atoms with E-state index in [9.17, 15) is 13.2 Å². The molecule has 16 heavy (non-hydrogen) atoms. The van der Waals surface area contributed by atoms with E-state index in [0.29, 0.717) is 12.5 Å². The van der Waals surface area contributed by atoms with Gasteiger partial charge in [-0.25, -0.2) is 12.7 Å². The fourth-order valence-electron chi connectivity index (χ4n) is 3.42. The van der Waals surface area contributed by atoms with Gasteiger partial charge in [0.2, 0.25) is 15.9 Å². The number of carbonyl (C=O) groups is 1. The lowest BCUT2D eigenvalue weighted by molar-refractivity contribution is -0.126. The minimum Gasteiger partial charge on any atom is -0.274 e. The van der Waals surface area contributed by atoms with Crippen LogP contribution in [0.1, 0.15) is 19.8 Å². The molecule has 0 N–H and O–H groups in total. The number of allylic oxidation sites excluding steroid dienone is 2. The molecule has 0 spiro atoms. The first-order valence-corrected chi connectivity index (χ1v) is 7.28. The average Bonchev–Trinajstić information content (AvgIpc) is 2.89. The van der Waals surface area contributed by atoms with Crippen molar-refractivity contribution in [1.82, 2.24) is 4.31 Å². The zero-order valence-electron chi connectivity index (χ0n) is 9.17. The van der Waals surface area contributed by atoms with Crippen molar-refractivity contribution >= 4 is 15.9 Å². The van der Waals surface area contributed by atoms with Crippen molar-refractivity contribution < 1.29 is 13.2 Å². The van der Waals surface area contributed by atoms with Gasteiger partial charge in [-0.2, -0.15) is 0 Å². The molecule has 1 saturated carbocycles. The van der Waals surface area contributed by atoms with Gasteiger partial charge in [0.15, 0.2) is 0 Å². The van der Waals surface area contributed by atoms with E-state index in [1.54, 1.807) is 6.92 Å². The summed E-state index contributed by atoms with van der Waals surface area (Å²) in [5.74, 6) is 0.415.